The molecule has 0 spiro atoms. The van der Waals surface area contributed by atoms with E-state index in [-0.39, 0.29) is 12.0 Å². The first-order chi connectivity index (χ1) is 9.15. The van der Waals surface area contributed by atoms with Gasteiger partial charge in [0.1, 0.15) is 0 Å². The average Bonchev–Trinajstić information content (AvgIpc) is 2.81. The highest BCUT2D eigenvalue weighted by molar-refractivity contribution is 8.15. The van der Waals surface area contributed by atoms with Crippen LogP contribution in [0.3, 0.4) is 0 Å². The average molecular weight is 296 g/mol. The predicted octanol–water partition coefficient (Wildman–Crippen LogP) is 3.46. The van der Waals surface area contributed by atoms with Crippen molar-refractivity contribution in [1.29, 1.82) is 0 Å². The summed E-state index contributed by atoms with van der Waals surface area (Å²) in [6.45, 7) is 0. The number of aliphatic imine (C=N–C) groups is 1. The SMILES string of the molecule is O=C(O)C1CCC2N=C(c3ccccc3Cl)SC2C1. The normalized spacial score (nSPS) is 29.7. The van der Waals surface area contributed by atoms with Crippen molar-refractivity contribution >= 4 is 34.4 Å². The second-order valence-electron chi connectivity index (χ2n) is 4.99. The number of hydrogen-bond donors (Lipinski definition) is 1. The van der Waals surface area contributed by atoms with Crippen molar-refractivity contribution < 1.29 is 9.90 Å². The van der Waals surface area contributed by atoms with Gasteiger partial charge in [-0.3, -0.25) is 9.79 Å². The van der Waals surface area contributed by atoms with E-state index in [1.165, 1.54) is 0 Å². The third-order valence-corrected chi connectivity index (χ3v) is 5.44. The molecule has 3 unspecified atom stereocenters. The van der Waals surface area contributed by atoms with E-state index in [2.05, 4.69) is 0 Å². The van der Waals surface area contributed by atoms with Crippen LogP contribution in [-0.2, 0) is 4.79 Å². The van der Waals surface area contributed by atoms with Crippen LogP contribution in [0.15, 0.2) is 29.3 Å². The number of benzene rings is 1. The Morgan fingerprint density at radius 2 is 2.16 bits per heavy atom. The van der Waals surface area contributed by atoms with Crippen molar-refractivity contribution in [3.05, 3.63) is 34.9 Å². The molecule has 1 aliphatic carbocycles. The van der Waals surface area contributed by atoms with Crippen LogP contribution in [0, 0.1) is 5.92 Å². The number of nitrogens with zero attached hydrogens (tertiary/aromatic N) is 1. The molecule has 19 heavy (non-hydrogen) atoms. The third-order valence-electron chi connectivity index (χ3n) is 3.76. The lowest BCUT2D eigenvalue weighted by molar-refractivity contribution is -0.142. The number of carboxylic acid groups (broad SMARTS) is 1. The molecule has 1 fully saturated rings. The Bertz CT molecular complexity index is 546. The van der Waals surface area contributed by atoms with E-state index >= 15 is 0 Å². The maximum atomic E-state index is 11.1. The standard InChI is InChI=1S/C14H14ClNO2S/c15-10-4-2-1-3-9(10)13-16-11-6-5-8(14(17)18)7-12(11)19-13/h1-4,8,11-12H,5-7H2,(H,17,18). The summed E-state index contributed by atoms with van der Waals surface area (Å²) in [7, 11) is 0. The molecule has 0 radical (unpaired) electrons. The van der Waals surface area contributed by atoms with Gasteiger partial charge in [-0.25, -0.2) is 0 Å². The summed E-state index contributed by atoms with van der Waals surface area (Å²) in [6, 6.07) is 7.94. The van der Waals surface area contributed by atoms with E-state index in [0.717, 1.165) is 23.4 Å². The zero-order chi connectivity index (χ0) is 13.4. The summed E-state index contributed by atoms with van der Waals surface area (Å²) in [4.78, 5) is 15.8. The fourth-order valence-electron chi connectivity index (χ4n) is 2.70. The molecule has 1 aromatic carbocycles. The summed E-state index contributed by atoms with van der Waals surface area (Å²) < 4.78 is 0. The molecule has 2 aliphatic rings. The van der Waals surface area contributed by atoms with Crippen LogP contribution in [-0.4, -0.2) is 27.4 Å². The number of halogens is 1. The quantitative estimate of drug-likeness (QED) is 0.909. The Balaban J connectivity index is 1.79. The third kappa shape index (κ3) is 2.51. The molecular formula is C14H14ClNO2S. The Morgan fingerprint density at radius 3 is 2.89 bits per heavy atom. The van der Waals surface area contributed by atoms with Gasteiger partial charge >= 0.3 is 5.97 Å². The van der Waals surface area contributed by atoms with Crippen LogP contribution in [0.1, 0.15) is 24.8 Å². The number of hydrogen-bond acceptors (Lipinski definition) is 3. The van der Waals surface area contributed by atoms with Crippen molar-refractivity contribution in [3.8, 4) is 0 Å². The highest BCUT2D eigenvalue weighted by Gasteiger charge is 2.39. The van der Waals surface area contributed by atoms with E-state index < -0.39 is 5.97 Å². The van der Waals surface area contributed by atoms with E-state index in [1.807, 2.05) is 24.3 Å². The molecule has 100 valence electrons. The first-order valence-electron chi connectivity index (χ1n) is 6.37. The lowest BCUT2D eigenvalue weighted by Gasteiger charge is -2.27. The van der Waals surface area contributed by atoms with Gasteiger partial charge in [-0.1, -0.05) is 29.8 Å². The summed E-state index contributed by atoms with van der Waals surface area (Å²) in [5.74, 6) is -0.889. The van der Waals surface area contributed by atoms with Gasteiger partial charge in [0.05, 0.1) is 22.0 Å². The largest absolute Gasteiger partial charge is 0.481 e. The molecule has 3 nitrogen and oxygen atoms in total. The molecule has 1 N–H and O–H groups in total. The number of rotatable bonds is 2. The fraction of sp³-hybridized carbons (Fsp3) is 0.429. The minimum absolute atomic E-state index is 0.213. The summed E-state index contributed by atoms with van der Waals surface area (Å²) in [5.41, 5.74) is 0.968. The van der Waals surface area contributed by atoms with Crippen LogP contribution in [0.25, 0.3) is 0 Å². The molecule has 5 heteroatoms. The molecule has 0 saturated heterocycles. The molecule has 0 amide bonds. The highest BCUT2D eigenvalue weighted by atomic mass is 35.5. The molecule has 1 aromatic rings. The second kappa shape index (κ2) is 5.17. The summed E-state index contributed by atoms with van der Waals surface area (Å²) in [6.07, 6.45) is 2.31. The van der Waals surface area contributed by atoms with E-state index in [9.17, 15) is 4.79 Å². The van der Waals surface area contributed by atoms with Crippen LogP contribution < -0.4 is 0 Å². The lowest BCUT2D eigenvalue weighted by atomic mass is 9.86. The second-order valence-corrected chi connectivity index (χ2v) is 6.62. The van der Waals surface area contributed by atoms with Crippen LogP contribution in [0.2, 0.25) is 5.02 Å². The van der Waals surface area contributed by atoms with Gasteiger partial charge in [-0.05, 0) is 25.3 Å². The monoisotopic (exact) mass is 295 g/mol. The molecule has 0 aromatic heterocycles. The summed E-state index contributed by atoms with van der Waals surface area (Å²) in [5, 5.41) is 11.1. The molecule has 3 atom stereocenters. The van der Waals surface area contributed by atoms with Crippen molar-refractivity contribution in [1.82, 2.24) is 0 Å². The van der Waals surface area contributed by atoms with Crippen LogP contribution in [0.5, 0.6) is 0 Å². The lowest BCUT2D eigenvalue weighted by Crippen LogP contribution is -2.31. The number of carbonyl (C=O) groups is 1. The molecular weight excluding hydrogens is 282 g/mol. The Hall–Kier alpha value is -1.000. The number of carboxylic acids is 1. The minimum Gasteiger partial charge on any atom is -0.481 e. The Labute approximate surface area is 121 Å². The molecule has 1 heterocycles. The zero-order valence-corrected chi connectivity index (χ0v) is 11.8. The van der Waals surface area contributed by atoms with Crippen molar-refractivity contribution in [2.45, 2.75) is 30.6 Å². The minimum atomic E-state index is -0.676. The van der Waals surface area contributed by atoms with E-state index in [4.69, 9.17) is 21.7 Å². The smallest absolute Gasteiger partial charge is 0.306 e. The first-order valence-corrected chi connectivity index (χ1v) is 7.63. The topological polar surface area (TPSA) is 49.7 Å². The number of thioether (sulfide) groups is 1. The fourth-order valence-corrected chi connectivity index (χ4v) is 4.46. The van der Waals surface area contributed by atoms with Crippen LogP contribution in [0.4, 0.5) is 0 Å². The first kappa shape index (κ1) is 13.0. The Morgan fingerprint density at radius 1 is 1.37 bits per heavy atom. The van der Waals surface area contributed by atoms with Gasteiger partial charge in [-0.15, -0.1) is 11.8 Å². The van der Waals surface area contributed by atoms with E-state index in [1.54, 1.807) is 11.8 Å². The summed E-state index contributed by atoms with van der Waals surface area (Å²) >= 11 is 7.88. The number of fused-ring (bicyclic) bond motifs is 1. The Kier molecular flexibility index (Phi) is 3.54. The maximum absolute atomic E-state index is 11.1. The van der Waals surface area contributed by atoms with Gasteiger partial charge in [0.15, 0.2) is 0 Å². The van der Waals surface area contributed by atoms with Gasteiger partial charge in [0.25, 0.3) is 0 Å². The molecule has 0 bridgehead atoms. The van der Waals surface area contributed by atoms with Crippen molar-refractivity contribution in [2.75, 3.05) is 0 Å². The maximum Gasteiger partial charge on any atom is 0.306 e. The van der Waals surface area contributed by atoms with Gasteiger partial charge in [0.2, 0.25) is 0 Å². The van der Waals surface area contributed by atoms with Gasteiger partial charge < -0.3 is 5.11 Å². The zero-order valence-electron chi connectivity index (χ0n) is 10.3. The van der Waals surface area contributed by atoms with Crippen molar-refractivity contribution in [2.24, 2.45) is 10.9 Å². The van der Waals surface area contributed by atoms with Crippen LogP contribution >= 0.6 is 23.4 Å². The highest BCUT2D eigenvalue weighted by Crippen LogP contribution is 2.42. The molecule has 3 rings (SSSR count). The number of aliphatic carboxylic acids is 1. The molecule has 1 aliphatic heterocycles. The van der Waals surface area contributed by atoms with Gasteiger partial charge in [0, 0.05) is 10.8 Å². The van der Waals surface area contributed by atoms with Gasteiger partial charge in [-0.2, -0.15) is 0 Å². The van der Waals surface area contributed by atoms with E-state index in [0.29, 0.717) is 16.7 Å². The van der Waals surface area contributed by atoms with Crippen molar-refractivity contribution in [3.63, 3.8) is 0 Å². The molecule has 1 saturated carbocycles. The predicted molar refractivity (Wildman–Crippen MR) is 78.1 cm³/mol.